The zero-order valence-electron chi connectivity index (χ0n) is 8.81. The maximum absolute atomic E-state index is 11.7. The van der Waals surface area contributed by atoms with Crippen molar-refractivity contribution in [2.24, 2.45) is 0 Å². The van der Waals surface area contributed by atoms with Gasteiger partial charge in [0.05, 0.1) is 0 Å². The zero-order valence-corrected chi connectivity index (χ0v) is 10.5. The summed E-state index contributed by atoms with van der Waals surface area (Å²) >= 11 is 0.203. The van der Waals surface area contributed by atoms with Gasteiger partial charge in [0.2, 0.25) is 0 Å². The van der Waals surface area contributed by atoms with E-state index in [4.69, 9.17) is 9.84 Å². The number of aliphatic hydroxyl groups excluding tert-OH is 3. The monoisotopic (exact) mass is 307 g/mol. The molecule has 1 fully saturated rings. The van der Waals surface area contributed by atoms with Gasteiger partial charge in [-0.15, -0.1) is 0 Å². The van der Waals surface area contributed by atoms with Crippen molar-refractivity contribution >= 4 is 20.4 Å². The molecule has 4 atom stereocenters. The first-order valence-corrected chi connectivity index (χ1v) is 7.07. The van der Waals surface area contributed by atoms with Gasteiger partial charge in [0, 0.05) is 0 Å². The van der Waals surface area contributed by atoms with Crippen molar-refractivity contribution in [3.05, 3.63) is 21.5 Å². The topological polar surface area (TPSA) is 99.0 Å². The molecule has 0 spiro atoms. The molecular formula is C10H13NO5Se. The van der Waals surface area contributed by atoms with E-state index >= 15 is 0 Å². The molecule has 0 aliphatic carbocycles. The summed E-state index contributed by atoms with van der Waals surface area (Å²) in [5.41, 5.74) is 0.530. The Bertz CT molecular complexity index is 382. The standard InChI is InChI=1S/C10H13NO5Se/c12-3-6-7(13)8(14)10(16-6)11-9(15)5-1-2-17-4-5/h1-2,4,6-8,10,12-14H,3H2,(H,11,15)/t6-,7-,8-,10?/m1/s1. The van der Waals surface area contributed by atoms with Crippen molar-refractivity contribution < 1.29 is 24.9 Å². The van der Waals surface area contributed by atoms with E-state index in [0.717, 1.165) is 0 Å². The second-order valence-corrected chi connectivity index (χ2v) is 5.38. The van der Waals surface area contributed by atoms with Gasteiger partial charge in [0.1, 0.15) is 0 Å². The number of hydrogen-bond donors (Lipinski definition) is 4. The van der Waals surface area contributed by atoms with E-state index in [1.807, 2.05) is 9.88 Å². The van der Waals surface area contributed by atoms with Crippen LogP contribution in [0.15, 0.2) is 15.9 Å². The van der Waals surface area contributed by atoms with Crippen molar-refractivity contribution in [3.8, 4) is 0 Å². The summed E-state index contributed by atoms with van der Waals surface area (Å²) in [7, 11) is 0. The molecule has 1 saturated heterocycles. The Morgan fingerprint density at radius 3 is 2.76 bits per heavy atom. The fourth-order valence-corrected chi connectivity index (χ4v) is 2.96. The first kappa shape index (κ1) is 12.8. The van der Waals surface area contributed by atoms with E-state index in [1.165, 1.54) is 0 Å². The van der Waals surface area contributed by atoms with Gasteiger partial charge in [-0.1, -0.05) is 0 Å². The van der Waals surface area contributed by atoms with Gasteiger partial charge >= 0.3 is 103 Å². The number of hydrogen-bond acceptors (Lipinski definition) is 5. The molecule has 7 heteroatoms. The van der Waals surface area contributed by atoms with Crippen LogP contribution in [0.1, 0.15) is 10.4 Å². The van der Waals surface area contributed by atoms with Crippen LogP contribution in [0, 0.1) is 0 Å². The summed E-state index contributed by atoms with van der Waals surface area (Å²) in [6.45, 7) is -0.406. The predicted octanol–water partition coefficient (Wildman–Crippen LogP) is -2.09. The normalized spacial score (nSPS) is 32.6. The fraction of sp³-hybridized carbons (Fsp3) is 0.500. The molecule has 2 heterocycles. The summed E-state index contributed by atoms with van der Waals surface area (Å²) in [5.74, 6) is -0.351. The molecule has 0 saturated carbocycles. The van der Waals surface area contributed by atoms with E-state index < -0.39 is 31.1 Å². The molecule has 2 rings (SSSR count). The summed E-state index contributed by atoms with van der Waals surface area (Å²) in [6.07, 6.45) is -4.28. The number of nitrogens with one attached hydrogen (secondary N) is 1. The zero-order chi connectivity index (χ0) is 12.4. The SMILES string of the molecule is O=C(NC1O[C@H](CO)[C@@H](O)[C@H]1O)c1cc[se]c1. The van der Waals surface area contributed by atoms with Crippen LogP contribution in [0.4, 0.5) is 0 Å². The van der Waals surface area contributed by atoms with Gasteiger partial charge in [-0.3, -0.25) is 0 Å². The minimum absolute atomic E-state index is 0.203. The third kappa shape index (κ3) is 2.60. The fourth-order valence-electron chi connectivity index (χ4n) is 1.62. The molecule has 0 bridgehead atoms. The van der Waals surface area contributed by atoms with Crippen molar-refractivity contribution in [2.45, 2.75) is 24.5 Å². The van der Waals surface area contributed by atoms with Crippen LogP contribution < -0.4 is 5.32 Å². The molecule has 1 unspecified atom stereocenters. The Labute approximate surface area is 104 Å². The Morgan fingerprint density at radius 2 is 2.24 bits per heavy atom. The predicted molar refractivity (Wildman–Crippen MR) is 58.6 cm³/mol. The van der Waals surface area contributed by atoms with E-state index in [1.54, 1.807) is 6.07 Å². The molecule has 4 N–H and O–H groups in total. The molecular weight excluding hydrogens is 293 g/mol. The Hall–Kier alpha value is -0.691. The van der Waals surface area contributed by atoms with Crippen molar-refractivity contribution in [1.29, 1.82) is 0 Å². The van der Waals surface area contributed by atoms with E-state index in [9.17, 15) is 15.0 Å². The molecule has 0 radical (unpaired) electrons. The Morgan fingerprint density at radius 1 is 1.47 bits per heavy atom. The molecule has 1 aromatic rings. The number of carbonyl (C=O) groups excluding carboxylic acids is 1. The summed E-state index contributed by atoms with van der Waals surface area (Å²) in [6, 6.07) is 1.70. The molecule has 6 nitrogen and oxygen atoms in total. The molecule has 17 heavy (non-hydrogen) atoms. The van der Waals surface area contributed by atoms with Crippen LogP contribution in [-0.4, -0.2) is 66.9 Å². The second kappa shape index (κ2) is 5.30. The summed E-state index contributed by atoms with van der Waals surface area (Å²) < 4.78 is 5.14. The molecule has 94 valence electrons. The Kier molecular flexibility index (Phi) is 3.98. The molecule has 1 aliphatic rings. The van der Waals surface area contributed by atoms with Crippen LogP contribution >= 0.6 is 0 Å². The van der Waals surface area contributed by atoms with E-state index in [2.05, 4.69) is 5.32 Å². The van der Waals surface area contributed by atoms with Crippen molar-refractivity contribution in [2.75, 3.05) is 6.61 Å². The quantitative estimate of drug-likeness (QED) is 0.480. The average molecular weight is 306 g/mol. The molecule has 1 aliphatic heterocycles. The second-order valence-electron chi connectivity index (χ2n) is 3.74. The molecule has 1 amide bonds. The first-order valence-electron chi connectivity index (χ1n) is 5.09. The van der Waals surface area contributed by atoms with Gasteiger partial charge in [-0.25, -0.2) is 0 Å². The van der Waals surface area contributed by atoms with Gasteiger partial charge in [0.25, 0.3) is 0 Å². The maximum atomic E-state index is 11.7. The van der Waals surface area contributed by atoms with Crippen LogP contribution in [0.25, 0.3) is 0 Å². The van der Waals surface area contributed by atoms with E-state index in [0.29, 0.717) is 5.56 Å². The number of aliphatic hydroxyl groups is 3. The van der Waals surface area contributed by atoms with Gasteiger partial charge < -0.3 is 0 Å². The first-order chi connectivity index (χ1) is 8.13. The summed E-state index contributed by atoms with van der Waals surface area (Å²) in [5, 5.41) is 30.5. The number of amides is 1. The number of carbonyl (C=O) groups is 1. The summed E-state index contributed by atoms with van der Waals surface area (Å²) in [4.78, 5) is 15.4. The van der Waals surface area contributed by atoms with Gasteiger partial charge in [0.15, 0.2) is 0 Å². The number of ether oxygens (including phenoxy) is 1. The van der Waals surface area contributed by atoms with Gasteiger partial charge in [-0.05, 0) is 0 Å². The van der Waals surface area contributed by atoms with Crippen molar-refractivity contribution in [1.82, 2.24) is 5.32 Å². The van der Waals surface area contributed by atoms with Crippen LogP contribution in [0.2, 0.25) is 0 Å². The molecule has 0 aromatic carbocycles. The van der Waals surface area contributed by atoms with Crippen LogP contribution in [-0.2, 0) is 4.74 Å². The molecule has 1 aromatic heterocycles. The third-order valence-corrected chi connectivity index (χ3v) is 4.03. The van der Waals surface area contributed by atoms with Crippen molar-refractivity contribution in [3.63, 3.8) is 0 Å². The van der Waals surface area contributed by atoms with Gasteiger partial charge in [-0.2, -0.15) is 0 Å². The van der Waals surface area contributed by atoms with Crippen LogP contribution in [0.3, 0.4) is 0 Å². The Balaban J connectivity index is 1.98. The van der Waals surface area contributed by atoms with Crippen LogP contribution in [0.5, 0.6) is 0 Å². The minimum atomic E-state index is -1.23. The third-order valence-electron chi connectivity index (χ3n) is 2.60. The van der Waals surface area contributed by atoms with E-state index in [-0.39, 0.29) is 20.4 Å². The average Bonchev–Trinajstić information content (AvgIpc) is 2.93. The number of rotatable bonds is 3.